The van der Waals surface area contributed by atoms with Crippen molar-refractivity contribution in [2.24, 2.45) is 0 Å². The average Bonchev–Trinajstić information content (AvgIpc) is 2.85. The van der Waals surface area contributed by atoms with Gasteiger partial charge < -0.3 is 5.32 Å². The van der Waals surface area contributed by atoms with Crippen LogP contribution in [0.1, 0.15) is 31.2 Å². The van der Waals surface area contributed by atoms with Gasteiger partial charge in [-0.2, -0.15) is 0 Å². The Kier molecular flexibility index (Phi) is 4.57. The SMILES string of the molecule is O=C(CCCc1ccccc1Cl)[C@@H]1CCCN1. The van der Waals surface area contributed by atoms with Crippen LogP contribution in [0.2, 0.25) is 5.02 Å². The molecule has 1 fully saturated rings. The number of hydrogen-bond donors (Lipinski definition) is 1. The van der Waals surface area contributed by atoms with Crippen molar-refractivity contribution in [3.05, 3.63) is 34.9 Å². The van der Waals surface area contributed by atoms with Gasteiger partial charge in [0, 0.05) is 11.4 Å². The first-order valence-corrected chi connectivity index (χ1v) is 6.64. The summed E-state index contributed by atoms with van der Waals surface area (Å²) in [6.45, 7) is 0.987. The Bertz CT molecular complexity index is 386. The minimum atomic E-state index is 0.112. The smallest absolute Gasteiger partial charge is 0.149 e. The molecule has 92 valence electrons. The molecule has 0 bridgehead atoms. The van der Waals surface area contributed by atoms with Gasteiger partial charge in [-0.3, -0.25) is 4.79 Å². The molecule has 0 saturated carbocycles. The Morgan fingerprint density at radius 3 is 2.94 bits per heavy atom. The molecule has 1 heterocycles. The summed E-state index contributed by atoms with van der Waals surface area (Å²) in [4.78, 5) is 11.8. The Morgan fingerprint density at radius 1 is 1.41 bits per heavy atom. The number of Topliss-reactive ketones (excluding diaryl/α,β-unsaturated/α-hetero) is 1. The first-order valence-electron chi connectivity index (χ1n) is 6.27. The number of halogens is 1. The van der Waals surface area contributed by atoms with E-state index in [0.717, 1.165) is 42.8 Å². The van der Waals surface area contributed by atoms with Crippen molar-refractivity contribution in [3.8, 4) is 0 Å². The topological polar surface area (TPSA) is 29.1 Å². The number of carbonyl (C=O) groups is 1. The maximum atomic E-state index is 11.8. The van der Waals surface area contributed by atoms with E-state index in [0.29, 0.717) is 12.2 Å². The summed E-state index contributed by atoms with van der Waals surface area (Å²) in [5, 5.41) is 4.05. The number of aryl methyl sites for hydroxylation is 1. The van der Waals surface area contributed by atoms with Crippen molar-refractivity contribution < 1.29 is 4.79 Å². The zero-order chi connectivity index (χ0) is 12.1. The zero-order valence-electron chi connectivity index (χ0n) is 9.92. The van der Waals surface area contributed by atoms with Crippen molar-refractivity contribution in [3.63, 3.8) is 0 Å². The predicted octanol–water partition coefficient (Wildman–Crippen LogP) is 2.98. The van der Waals surface area contributed by atoms with Gasteiger partial charge in [-0.1, -0.05) is 29.8 Å². The van der Waals surface area contributed by atoms with Crippen LogP contribution in [0.15, 0.2) is 24.3 Å². The summed E-state index contributed by atoms with van der Waals surface area (Å²) >= 11 is 6.07. The third-order valence-electron chi connectivity index (χ3n) is 3.28. The maximum Gasteiger partial charge on any atom is 0.149 e. The minimum absolute atomic E-state index is 0.112. The third-order valence-corrected chi connectivity index (χ3v) is 3.64. The van der Waals surface area contributed by atoms with Crippen molar-refractivity contribution in [1.82, 2.24) is 5.32 Å². The lowest BCUT2D eigenvalue weighted by atomic mass is 10.0. The third kappa shape index (κ3) is 3.55. The van der Waals surface area contributed by atoms with E-state index in [-0.39, 0.29) is 6.04 Å². The highest BCUT2D eigenvalue weighted by Crippen LogP contribution is 2.18. The fraction of sp³-hybridized carbons (Fsp3) is 0.500. The van der Waals surface area contributed by atoms with E-state index in [2.05, 4.69) is 5.32 Å². The summed E-state index contributed by atoms with van der Waals surface area (Å²) in [7, 11) is 0. The van der Waals surface area contributed by atoms with Gasteiger partial charge in [0.2, 0.25) is 0 Å². The molecule has 1 aromatic rings. The van der Waals surface area contributed by atoms with Crippen LogP contribution in [0.4, 0.5) is 0 Å². The van der Waals surface area contributed by atoms with Gasteiger partial charge in [-0.05, 0) is 43.9 Å². The first kappa shape index (κ1) is 12.6. The van der Waals surface area contributed by atoms with Gasteiger partial charge in [0.05, 0.1) is 6.04 Å². The summed E-state index contributed by atoms with van der Waals surface area (Å²) < 4.78 is 0. The zero-order valence-corrected chi connectivity index (χ0v) is 10.7. The number of carbonyl (C=O) groups excluding carboxylic acids is 1. The Labute approximate surface area is 107 Å². The number of nitrogens with one attached hydrogen (secondary N) is 1. The normalized spacial score (nSPS) is 19.5. The fourth-order valence-corrected chi connectivity index (χ4v) is 2.52. The lowest BCUT2D eigenvalue weighted by molar-refractivity contribution is -0.120. The van der Waals surface area contributed by atoms with E-state index in [4.69, 9.17) is 11.6 Å². The monoisotopic (exact) mass is 251 g/mol. The first-order chi connectivity index (χ1) is 8.27. The molecule has 1 aliphatic rings. The molecule has 3 heteroatoms. The summed E-state index contributed by atoms with van der Waals surface area (Å²) in [5.74, 6) is 0.356. The summed E-state index contributed by atoms with van der Waals surface area (Å²) in [6, 6.07) is 7.96. The van der Waals surface area contributed by atoms with Crippen molar-refractivity contribution in [2.75, 3.05) is 6.54 Å². The molecule has 0 aliphatic carbocycles. The van der Waals surface area contributed by atoms with Gasteiger partial charge in [-0.25, -0.2) is 0 Å². The van der Waals surface area contributed by atoms with Crippen LogP contribution in [-0.2, 0) is 11.2 Å². The van der Waals surface area contributed by atoms with Gasteiger partial charge in [-0.15, -0.1) is 0 Å². The summed E-state index contributed by atoms with van der Waals surface area (Å²) in [5.41, 5.74) is 1.14. The molecular formula is C14H18ClNO. The maximum absolute atomic E-state index is 11.8. The van der Waals surface area contributed by atoms with E-state index in [1.54, 1.807) is 0 Å². The lowest BCUT2D eigenvalue weighted by Gasteiger charge is -2.09. The second-order valence-corrected chi connectivity index (χ2v) is 4.97. The predicted molar refractivity (Wildman–Crippen MR) is 70.4 cm³/mol. The van der Waals surface area contributed by atoms with Crippen LogP contribution in [-0.4, -0.2) is 18.4 Å². The molecule has 1 saturated heterocycles. The molecule has 0 radical (unpaired) electrons. The van der Waals surface area contributed by atoms with Crippen LogP contribution in [0.3, 0.4) is 0 Å². The van der Waals surface area contributed by atoms with Gasteiger partial charge in [0.1, 0.15) is 5.78 Å². The van der Waals surface area contributed by atoms with Gasteiger partial charge in [0.15, 0.2) is 0 Å². The molecule has 0 amide bonds. The Hall–Kier alpha value is -0.860. The molecule has 2 rings (SSSR count). The number of hydrogen-bond acceptors (Lipinski definition) is 2. The Morgan fingerprint density at radius 2 is 2.24 bits per heavy atom. The summed E-state index contributed by atoms with van der Waals surface area (Å²) in [6.07, 6.45) is 4.56. The highest BCUT2D eigenvalue weighted by Gasteiger charge is 2.20. The van der Waals surface area contributed by atoms with Crippen LogP contribution >= 0.6 is 11.6 Å². The van der Waals surface area contributed by atoms with Crippen LogP contribution in [0, 0.1) is 0 Å². The molecular weight excluding hydrogens is 234 g/mol. The molecule has 1 N–H and O–H groups in total. The van der Waals surface area contributed by atoms with Crippen molar-refractivity contribution in [1.29, 1.82) is 0 Å². The van der Waals surface area contributed by atoms with Crippen LogP contribution in [0.25, 0.3) is 0 Å². The minimum Gasteiger partial charge on any atom is -0.307 e. The van der Waals surface area contributed by atoms with E-state index < -0.39 is 0 Å². The van der Waals surface area contributed by atoms with E-state index in [1.807, 2.05) is 24.3 Å². The van der Waals surface area contributed by atoms with E-state index in [9.17, 15) is 4.79 Å². The van der Waals surface area contributed by atoms with E-state index in [1.165, 1.54) is 0 Å². The van der Waals surface area contributed by atoms with E-state index >= 15 is 0 Å². The second-order valence-electron chi connectivity index (χ2n) is 4.56. The average molecular weight is 252 g/mol. The van der Waals surface area contributed by atoms with Crippen molar-refractivity contribution in [2.45, 2.75) is 38.1 Å². The quantitative estimate of drug-likeness (QED) is 0.872. The highest BCUT2D eigenvalue weighted by atomic mass is 35.5. The fourth-order valence-electron chi connectivity index (χ4n) is 2.29. The lowest BCUT2D eigenvalue weighted by Crippen LogP contribution is -2.30. The standard InChI is InChI=1S/C14H18ClNO/c15-12-7-2-1-5-11(12)6-3-9-14(17)13-8-4-10-16-13/h1-2,5,7,13,16H,3-4,6,8-10H2/t13-/m0/s1. The number of benzene rings is 1. The molecule has 1 aliphatic heterocycles. The van der Waals surface area contributed by atoms with Gasteiger partial charge in [0.25, 0.3) is 0 Å². The van der Waals surface area contributed by atoms with Crippen LogP contribution in [0.5, 0.6) is 0 Å². The van der Waals surface area contributed by atoms with Gasteiger partial charge >= 0.3 is 0 Å². The highest BCUT2D eigenvalue weighted by molar-refractivity contribution is 6.31. The molecule has 0 unspecified atom stereocenters. The second kappa shape index (κ2) is 6.18. The Balaban J connectivity index is 1.76. The molecule has 0 spiro atoms. The molecule has 1 aromatic carbocycles. The molecule has 17 heavy (non-hydrogen) atoms. The number of rotatable bonds is 5. The van der Waals surface area contributed by atoms with Crippen molar-refractivity contribution >= 4 is 17.4 Å². The largest absolute Gasteiger partial charge is 0.307 e. The number of ketones is 1. The van der Waals surface area contributed by atoms with Crippen LogP contribution < -0.4 is 5.32 Å². The molecule has 1 atom stereocenters. The molecule has 0 aromatic heterocycles. The molecule has 2 nitrogen and oxygen atoms in total.